The van der Waals surface area contributed by atoms with Gasteiger partial charge in [0.05, 0.1) is 6.54 Å². The van der Waals surface area contributed by atoms with Crippen LogP contribution in [0, 0.1) is 17.3 Å². The molecule has 32 heavy (non-hydrogen) atoms. The second-order valence-electron chi connectivity index (χ2n) is 11.2. The Bertz CT molecular complexity index is 457. The van der Waals surface area contributed by atoms with E-state index in [1.165, 1.54) is 32.1 Å². The van der Waals surface area contributed by atoms with Crippen molar-refractivity contribution < 1.29 is 9.18 Å². The van der Waals surface area contributed by atoms with E-state index in [0.29, 0.717) is 30.6 Å². The Labute approximate surface area is 200 Å². The van der Waals surface area contributed by atoms with Gasteiger partial charge in [-0.3, -0.25) is 4.79 Å². The Morgan fingerprint density at radius 2 is 1.59 bits per heavy atom. The number of halogens is 1. The minimum absolute atomic E-state index is 0.0501. The monoisotopic (exact) mass is 456 g/mol. The lowest BCUT2D eigenvalue weighted by atomic mass is 9.86. The molecular weight excluding hydrogens is 399 g/mol. The van der Waals surface area contributed by atoms with Gasteiger partial charge in [-0.05, 0) is 55.9 Å². The van der Waals surface area contributed by atoms with E-state index in [0.717, 1.165) is 44.8 Å². The molecule has 0 aromatic rings. The van der Waals surface area contributed by atoms with E-state index < -0.39 is 5.67 Å². The number of nitrogens with one attached hydrogen (secondary N) is 1. The number of piperidine rings is 1. The van der Waals surface area contributed by atoms with Crippen molar-refractivity contribution in [2.75, 3.05) is 26.2 Å². The van der Waals surface area contributed by atoms with E-state index in [1.807, 2.05) is 13.8 Å². The summed E-state index contributed by atoms with van der Waals surface area (Å²) < 4.78 is 14.9. The van der Waals surface area contributed by atoms with Crippen molar-refractivity contribution in [1.29, 1.82) is 0 Å². The first-order chi connectivity index (χ1) is 15.1. The number of carbonyl (C=O) groups is 1. The number of amides is 1. The maximum absolute atomic E-state index is 14.9. The van der Waals surface area contributed by atoms with Gasteiger partial charge in [0.15, 0.2) is 0 Å². The molecule has 3 nitrogen and oxygen atoms in total. The van der Waals surface area contributed by atoms with Crippen molar-refractivity contribution in [3.63, 3.8) is 0 Å². The summed E-state index contributed by atoms with van der Waals surface area (Å²) in [6, 6.07) is 0. The van der Waals surface area contributed by atoms with Gasteiger partial charge in [0.25, 0.3) is 0 Å². The molecule has 1 aliphatic carbocycles. The molecule has 2 aliphatic rings. The molecule has 1 N–H and O–H groups in total. The Morgan fingerprint density at radius 1 is 1.06 bits per heavy atom. The number of carbonyl (C=O) groups excluding carboxylic acids is 1. The van der Waals surface area contributed by atoms with Crippen LogP contribution in [-0.2, 0) is 4.79 Å². The van der Waals surface area contributed by atoms with Crippen LogP contribution in [0.25, 0.3) is 0 Å². The van der Waals surface area contributed by atoms with Crippen molar-refractivity contribution >= 4 is 5.91 Å². The smallest absolute Gasteiger partial charge is 0.220 e. The molecule has 0 bridgehead atoms. The summed E-state index contributed by atoms with van der Waals surface area (Å²) in [6.07, 6.45) is 11.6. The average molecular weight is 457 g/mol. The molecule has 1 saturated heterocycles. The maximum atomic E-state index is 14.9. The van der Waals surface area contributed by atoms with Crippen LogP contribution < -0.4 is 5.32 Å². The zero-order valence-electron chi connectivity index (χ0n) is 23.0. The third-order valence-electron chi connectivity index (χ3n) is 7.13. The fourth-order valence-corrected chi connectivity index (χ4v) is 4.12. The lowest BCUT2D eigenvalue weighted by Gasteiger charge is -2.37. The molecule has 192 valence electrons. The van der Waals surface area contributed by atoms with E-state index in [-0.39, 0.29) is 12.5 Å². The largest absolute Gasteiger partial charge is 0.353 e. The highest BCUT2D eigenvalue weighted by molar-refractivity contribution is 5.76. The van der Waals surface area contributed by atoms with Crippen molar-refractivity contribution in [3.8, 4) is 0 Å². The molecule has 4 heteroatoms. The van der Waals surface area contributed by atoms with Gasteiger partial charge >= 0.3 is 0 Å². The quantitative estimate of drug-likeness (QED) is 0.404. The third kappa shape index (κ3) is 15.2. The van der Waals surface area contributed by atoms with E-state index >= 15 is 0 Å². The molecule has 1 aliphatic heterocycles. The summed E-state index contributed by atoms with van der Waals surface area (Å²) in [4.78, 5) is 14.5. The topological polar surface area (TPSA) is 32.3 Å². The minimum Gasteiger partial charge on any atom is -0.353 e. The highest BCUT2D eigenvalue weighted by atomic mass is 19.1. The van der Waals surface area contributed by atoms with Crippen LogP contribution in [0.4, 0.5) is 4.39 Å². The van der Waals surface area contributed by atoms with Crippen LogP contribution in [0.3, 0.4) is 0 Å². The number of hydrogen-bond acceptors (Lipinski definition) is 2. The molecule has 0 aromatic heterocycles. The molecule has 0 spiro atoms. The standard InChI is InChI=1S/C20H37FN2O.C6H14.C2H6/c1-19(2,3)9-12-23-13-10-20(21,11-14-23)16-22-18(24)15-17-7-5-4-6-8-17;1-4-6(3)5-2;1-2/h17H,4-16H2,1-3H3,(H,22,24);6H,4-5H2,1-3H3;1-2H3. The Hall–Kier alpha value is -0.640. The van der Waals surface area contributed by atoms with Crippen molar-refractivity contribution in [2.24, 2.45) is 17.3 Å². The van der Waals surface area contributed by atoms with Crippen LogP contribution >= 0.6 is 0 Å². The van der Waals surface area contributed by atoms with E-state index in [2.05, 4.69) is 51.8 Å². The summed E-state index contributed by atoms with van der Waals surface area (Å²) in [5.74, 6) is 1.51. The molecule has 0 atom stereocenters. The summed E-state index contributed by atoms with van der Waals surface area (Å²) in [6.45, 7) is 20.4. The Kier molecular flexibility index (Phi) is 16.6. The van der Waals surface area contributed by atoms with Gasteiger partial charge in [0, 0.05) is 19.5 Å². The van der Waals surface area contributed by atoms with Crippen LogP contribution in [0.1, 0.15) is 126 Å². The molecule has 0 aromatic carbocycles. The summed E-state index contributed by atoms with van der Waals surface area (Å²) in [5, 5.41) is 2.88. The zero-order chi connectivity index (χ0) is 24.6. The number of nitrogens with zero attached hydrogens (tertiary/aromatic N) is 1. The molecular formula is C28H57FN2O. The Morgan fingerprint density at radius 3 is 2.03 bits per heavy atom. The van der Waals surface area contributed by atoms with Gasteiger partial charge in [-0.2, -0.15) is 0 Å². The normalized spacial score (nSPS) is 19.4. The summed E-state index contributed by atoms with van der Waals surface area (Å²) in [7, 11) is 0. The van der Waals surface area contributed by atoms with Crippen LogP contribution in [-0.4, -0.2) is 42.7 Å². The SMILES string of the molecule is CC.CC(C)(C)CCN1CCC(F)(CNC(=O)CC2CCCCC2)CC1.CCC(C)CC. The maximum Gasteiger partial charge on any atom is 0.220 e. The van der Waals surface area contributed by atoms with Crippen molar-refractivity contribution in [2.45, 2.75) is 132 Å². The van der Waals surface area contributed by atoms with E-state index in [9.17, 15) is 9.18 Å². The van der Waals surface area contributed by atoms with Crippen molar-refractivity contribution in [3.05, 3.63) is 0 Å². The number of alkyl halides is 1. The van der Waals surface area contributed by atoms with Crippen molar-refractivity contribution in [1.82, 2.24) is 10.2 Å². The zero-order valence-corrected chi connectivity index (χ0v) is 23.0. The first kappa shape index (κ1) is 31.4. The number of likely N-dealkylation sites (tertiary alicyclic amines) is 1. The lowest BCUT2D eigenvalue weighted by Crippen LogP contribution is -2.48. The van der Waals surface area contributed by atoms with Crippen LogP contribution in [0.5, 0.6) is 0 Å². The Balaban J connectivity index is 0.00000104. The molecule has 1 saturated carbocycles. The van der Waals surface area contributed by atoms with Crippen LogP contribution in [0.15, 0.2) is 0 Å². The second kappa shape index (κ2) is 16.9. The first-order valence-electron chi connectivity index (χ1n) is 13.7. The molecule has 0 unspecified atom stereocenters. The predicted octanol–water partition coefficient (Wildman–Crippen LogP) is 7.78. The van der Waals surface area contributed by atoms with Gasteiger partial charge in [0.1, 0.15) is 5.67 Å². The van der Waals surface area contributed by atoms with Gasteiger partial charge in [-0.1, -0.05) is 87.5 Å². The highest BCUT2D eigenvalue weighted by Crippen LogP contribution is 2.29. The third-order valence-corrected chi connectivity index (χ3v) is 7.13. The fourth-order valence-electron chi connectivity index (χ4n) is 4.12. The predicted molar refractivity (Wildman–Crippen MR) is 139 cm³/mol. The molecule has 2 fully saturated rings. The summed E-state index contributed by atoms with van der Waals surface area (Å²) in [5.41, 5.74) is -0.877. The second-order valence-corrected chi connectivity index (χ2v) is 11.2. The molecule has 1 amide bonds. The summed E-state index contributed by atoms with van der Waals surface area (Å²) >= 11 is 0. The van der Waals surface area contributed by atoms with E-state index in [4.69, 9.17) is 0 Å². The van der Waals surface area contributed by atoms with Gasteiger partial charge < -0.3 is 10.2 Å². The first-order valence-corrected chi connectivity index (χ1v) is 13.7. The van der Waals surface area contributed by atoms with Gasteiger partial charge in [0.2, 0.25) is 5.91 Å². The molecule has 0 radical (unpaired) electrons. The number of hydrogen-bond donors (Lipinski definition) is 1. The molecule has 2 rings (SSSR count). The highest BCUT2D eigenvalue weighted by Gasteiger charge is 2.35. The average Bonchev–Trinajstić information content (AvgIpc) is 2.79. The van der Waals surface area contributed by atoms with E-state index in [1.54, 1.807) is 0 Å². The van der Waals surface area contributed by atoms with Crippen LogP contribution in [0.2, 0.25) is 0 Å². The van der Waals surface area contributed by atoms with Gasteiger partial charge in [-0.15, -0.1) is 0 Å². The van der Waals surface area contributed by atoms with Gasteiger partial charge in [-0.25, -0.2) is 4.39 Å². The minimum atomic E-state index is -1.21. The lowest BCUT2D eigenvalue weighted by molar-refractivity contribution is -0.123. The molecule has 1 heterocycles. The number of rotatable bonds is 8. The fraction of sp³-hybridized carbons (Fsp3) is 0.964.